The molecule has 0 saturated carbocycles. The van der Waals surface area contributed by atoms with Gasteiger partial charge < -0.3 is 10.1 Å². The molecule has 0 spiro atoms. The summed E-state index contributed by atoms with van der Waals surface area (Å²) in [6.07, 6.45) is 0.680. The number of nitrogens with one attached hydrogen (secondary N) is 2. The van der Waals surface area contributed by atoms with Crippen molar-refractivity contribution in [1.82, 2.24) is 10.0 Å². The van der Waals surface area contributed by atoms with Gasteiger partial charge in [0, 0.05) is 19.7 Å². The minimum atomic E-state index is -3.31. The van der Waals surface area contributed by atoms with Gasteiger partial charge in [0.2, 0.25) is 10.0 Å². The molecule has 0 aliphatic carbocycles. The predicted molar refractivity (Wildman–Crippen MR) is 79.2 cm³/mol. The lowest BCUT2D eigenvalue weighted by Crippen LogP contribution is -2.40. The van der Waals surface area contributed by atoms with Crippen LogP contribution in [0.3, 0.4) is 0 Å². The second-order valence-electron chi connectivity index (χ2n) is 5.13. The molecule has 0 aromatic heterocycles. The van der Waals surface area contributed by atoms with Crippen LogP contribution in [0.15, 0.2) is 24.3 Å². The van der Waals surface area contributed by atoms with E-state index < -0.39 is 10.0 Å². The topological polar surface area (TPSA) is 67.4 Å². The van der Waals surface area contributed by atoms with Gasteiger partial charge in [0.25, 0.3) is 0 Å². The van der Waals surface area contributed by atoms with E-state index in [-0.39, 0.29) is 17.9 Å². The number of methoxy groups -OCH3 is 1. The van der Waals surface area contributed by atoms with E-state index in [1.54, 1.807) is 6.92 Å². The summed E-state index contributed by atoms with van der Waals surface area (Å²) in [6, 6.07) is 8.20. The molecule has 2 unspecified atom stereocenters. The van der Waals surface area contributed by atoms with Gasteiger partial charge in [-0.15, -0.1) is 0 Å². The first kappa shape index (κ1) is 15.4. The summed E-state index contributed by atoms with van der Waals surface area (Å²) in [4.78, 5) is 0. The largest absolute Gasteiger partial charge is 0.381 e. The lowest BCUT2D eigenvalue weighted by Gasteiger charge is -2.27. The van der Waals surface area contributed by atoms with E-state index in [0.717, 1.165) is 13.0 Å². The third kappa shape index (κ3) is 4.02. The molecule has 0 fully saturated rings. The van der Waals surface area contributed by atoms with Gasteiger partial charge >= 0.3 is 0 Å². The van der Waals surface area contributed by atoms with Crippen molar-refractivity contribution in [3.05, 3.63) is 35.4 Å². The minimum absolute atomic E-state index is 0.0160. The molecule has 1 aliphatic rings. The van der Waals surface area contributed by atoms with Crippen LogP contribution in [0, 0.1) is 0 Å². The van der Waals surface area contributed by atoms with Crippen LogP contribution < -0.4 is 10.0 Å². The maximum absolute atomic E-state index is 11.9. The average Bonchev–Trinajstić information content (AvgIpc) is 2.44. The highest BCUT2D eigenvalue weighted by atomic mass is 32.2. The number of rotatable bonds is 6. The predicted octanol–water partition coefficient (Wildman–Crippen LogP) is 0.828. The summed E-state index contributed by atoms with van der Waals surface area (Å²) in [5.41, 5.74) is 2.47. The normalized spacial score (nSPS) is 20.4. The highest BCUT2D eigenvalue weighted by Crippen LogP contribution is 2.21. The molecule has 0 saturated heterocycles. The summed E-state index contributed by atoms with van der Waals surface area (Å²) in [7, 11) is -1.80. The molecule has 5 nitrogen and oxygen atoms in total. The highest BCUT2D eigenvalue weighted by molar-refractivity contribution is 7.89. The SMILES string of the molecule is COC(C)CS(=O)(=O)NCC1NCCc2ccccc21. The second-order valence-corrected chi connectivity index (χ2v) is 6.98. The minimum Gasteiger partial charge on any atom is -0.381 e. The van der Waals surface area contributed by atoms with E-state index in [9.17, 15) is 8.42 Å². The van der Waals surface area contributed by atoms with Gasteiger partial charge in [-0.25, -0.2) is 13.1 Å². The molecule has 1 heterocycles. The van der Waals surface area contributed by atoms with Crippen LogP contribution >= 0.6 is 0 Å². The molecule has 1 aliphatic heterocycles. The monoisotopic (exact) mass is 298 g/mol. The summed E-state index contributed by atoms with van der Waals surface area (Å²) < 4.78 is 31.5. The Morgan fingerprint density at radius 1 is 1.45 bits per heavy atom. The number of ether oxygens (including phenoxy) is 1. The van der Waals surface area contributed by atoms with Crippen LogP contribution in [-0.4, -0.2) is 40.5 Å². The van der Waals surface area contributed by atoms with Gasteiger partial charge in [-0.2, -0.15) is 0 Å². The molecule has 0 bridgehead atoms. The molecule has 112 valence electrons. The van der Waals surface area contributed by atoms with Crippen molar-refractivity contribution < 1.29 is 13.2 Å². The first-order valence-corrected chi connectivity index (χ1v) is 8.48. The molecule has 6 heteroatoms. The average molecular weight is 298 g/mol. The standard InChI is InChI=1S/C14H22N2O3S/c1-11(19-2)10-20(17,18)16-9-14-13-6-4-3-5-12(13)7-8-15-14/h3-6,11,14-16H,7-10H2,1-2H3. The van der Waals surface area contributed by atoms with Crippen LogP contribution in [0.4, 0.5) is 0 Å². The van der Waals surface area contributed by atoms with E-state index >= 15 is 0 Å². The Hall–Kier alpha value is -0.950. The molecule has 0 radical (unpaired) electrons. The highest BCUT2D eigenvalue weighted by Gasteiger charge is 2.22. The Labute approximate surface area is 120 Å². The Balaban J connectivity index is 1.98. The number of hydrogen-bond donors (Lipinski definition) is 2. The maximum atomic E-state index is 11.9. The first-order chi connectivity index (χ1) is 9.52. The number of benzene rings is 1. The van der Waals surface area contributed by atoms with Crippen LogP contribution in [0.5, 0.6) is 0 Å². The molecule has 0 amide bonds. The Morgan fingerprint density at radius 2 is 2.20 bits per heavy atom. The van der Waals surface area contributed by atoms with E-state index in [1.807, 2.05) is 12.1 Å². The van der Waals surface area contributed by atoms with Gasteiger partial charge in [0.15, 0.2) is 0 Å². The summed E-state index contributed by atoms with van der Waals surface area (Å²) in [5.74, 6) is -0.0160. The molecule has 2 atom stereocenters. The quantitative estimate of drug-likeness (QED) is 0.816. The Morgan fingerprint density at radius 3 is 2.95 bits per heavy atom. The molecule has 2 N–H and O–H groups in total. The van der Waals surface area contributed by atoms with Crippen molar-refractivity contribution in [3.8, 4) is 0 Å². The zero-order valence-electron chi connectivity index (χ0n) is 11.9. The number of hydrogen-bond acceptors (Lipinski definition) is 4. The van der Waals surface area contributed by atoms with Crippen molar-refractivity contribution in [2.45, 2.75) is 25.5 Å². The fourth-order valence-corrected chi connectivity index (χ4v) is 3.71. The number of fused-ring (bicyclic) bond motifs is 1. The molecule has 2 rings (SSSR count). The zero-order chi connectivity index (χ0) is 14.6. The van der Waals surface area contributed by atoms with Crippen LogP contribution in [-0.2, 0) is 21.2 Å². The van der Waals surface area contributed by atoms with Gasteiger partial charge in [0.05, 0.1) is 11.9 Å². The van der Waals surface area contributed by atoms with E-state index in [2.05, 4.69) is 22.2 Å². The summed E-state index contributed by atoms with van der Waals surface area (Å²) in [6.45, 7) is 2.99. The lowest BCUT2D eigenvalue weighted by molar-refractivity contribution is 0.136. The van der Waals surface area contributed by atoms with E-state index in [4.69, 9.17) is 4.74 Å². The third-order valence-electron chi connectivity index (χ3n) is 3.58. The summed E-state index contributed by atoms with van der Waals surface area (Å²) in [5, 5.41) is 3.36. The smallest absolute Gasteiger partial charge is 0.214 e. The Kier molecular flexibility index (Phi) is 5.15. The molecular weight excluding hydrogens is 276 g/mol. The van der Waals surface area contributed by atoms with Crippen molar-refractivity contribution in [3.63, 3.8) is 0 Å². The summed E-state index contributed by atoms with van der Waals surface area (Å²) >= 11 is 0. The van der Waals surface area contributed by atoms with Crippen LogP contribution in [0.25, 0.3) is 0 Å². The van der Waals surface area contributed by atoms with Gasteiger partial charge in [-0.3, -0.25) is 0 Å². The van der Waals surface area contributed by atoms with Gasteiger partial charge in [-0.05, 0) is 31.0 Å². The van der Waals surface area contributed by atoms with E-state index in [1.165, 1.54) is 18.2 Å². The Bertz CT molecular complexity index is 545. The van der Waals surface area contributed by atoms with Crippen molar-refractivity contribution in [2.75, 3.05) is 26.0 Å². The lowest BCUT2D eigenvalue weighted by atomic mass is 9.95. The molecule has 20 heavy (non-hydrogen) atoms. The van der Waals surface area contributed by atoms with Gasteiger partial charge in [-0.1, -0.05) is 24.3 Å². The van der Waals surface area contributed by atoms with Gasteiger partial charge in [0.1, 0.15) is 0 Å². The molecule has 1 aromatic rings. The van der Waals surface area contributed by atoms with Crippen molar-refractivity contribution in [1.29, 1.82) is 0 Å². The maximum Gasteiger partial charge on any atom is 0.214 e. The fourth-order valence-electron chi connectivity index (χ4n) is 2.42. The fraction of sp³-hybridized carbons (Fsp3) is 0.571. The first-order valence-electron chi connectivity index (χ1n) is 6.83. The second kappa shape index (κ2) is 6.67. The zero-order valence-corrected chi connectivity index (χ0v) is 12.7. The van der Waals surface area contributed by atoms with E-state index in [0.29, 0.717) is 6.54 Å². The third-order valence-corrected chi connectivity index (χ3v) is 5.09. The molecular formula is C14H22N2O3S. The van der Waals surface area contributed by atoms with Crippen LogP contribution in [0.1, 0.15) is 24.1 Å². The van der Waals surface area contributed by atoms with Crippen molar-refractivity contribution >= 4 is 10.0 Å². The van der Waals surface area contributed by atoms with Crippen LogP contribution in [0.2, 0.25) is 0 Å². The number of sulfonamides is 1. The van der Waals surface area contributed by atoms with Crippen molar-refractivity contribution in [2.24, 2.45) is 0 Å². The molecule has 1 aromatic carbocycles.